The summed E-state index contributed by atoms with van der Waals surface area (Å²) < 4.78 is 35.3. The van der Waals surface area contributed by atoms with Gasteiger partial charge in [-0.05, 0) is 25.7 Å². The van der Waals surface area contributed by atoms with Crippen LogP contribution >= 0.6 is 0 Å². The van der Waals surface area contributed by atoms with Gasteiger partial charge in [0.1, 0.15) is 11.6 Å². The average molecular weight is 342 g/mol. The number of hydrogen-bond donors (Lipinski definition) is 1. The van der Waals surface area contributed by atoms with E-state index in [0.717, 1.165) is 43.8 Å². The summed E-state index contributed by atoms with van der Waals surface area (Å²) in [6.45, 7) is 5.43. The van der Waals surface area contributed by atoms with E-state index >= 15 is 0 Å². The Morgan fingerprint density at radius 1 is 1.30 bits per heavy atom. The van der Waals surface area contributed by atoms with Crippen LogP contribution in [0.4, 0.5) is 0 Å². The van der Waals surface area contributed by atoms with Gasteiger partial charge in [-0.3, -0.25) is 0 Å². The highest BCUT2D eigenvalue weighted by Gasteiger charge is 2.29. The Kier molecular flexibility index (Phi) is 5.03. The molecule has 0 saturated carbocycles. The van der Waals surface area contributed by atoms with Crippen LogP contribution in [0.15, 0.2) is 0 Å². The number of sulfonamides is 1. The van der Waals surface area contributed by atoms with Crippen molar-refractivity contribution in [1.82, 2.24) is 19.5 Å². The normalized spacial score (nSPS) is 25.5. The first-order valence-corrected chi connectivity index (χ1v) is 10.1. The third kappa shape index (κ3) is 4.10. The zero-order valence-corrected chi connectivity index (χ0v) is 14.7. The van der Waals surface area contributed by atoms with E-state index in [9.17, 15) is 8.42 Å². The van der Waals surface area contributed by atoms with Crippen LogP contribution in [0.1, 0.15) is 57.1 Å². The molecule has 0 spiro atoms. The zero-order chi connectivity index (χ0) is 16.4. The Hall–Kier alpha value is -0.990. The summed E-state index contributed by atoms with van der Waals surface area (Å²) in [4.78, 5) is 0. The van der Waals surface area contributed by atoms with E-state index in [-0.39, 0.29) is 23.8 Å². The van der Waals surface area contributed by atoms with Crippen LogP contribution in [0.5, 0.6) is 0 Å². The molecule has 0 aromatic carbocycles. The quantitative estimate of drug-likeness (QED) is 0.869. The summed E-state index contributed by atoms with van der Waals surface area (Å²) in [5, 5.41) is 8.46. The summed E-state index contributed by atoms with van der Waals surface area (Å²) in [6, 6.07) is -0.0930. The molecule has 1 N–H and O–H groups in total. The van der Waals surface area contributed by atoms with Gasteiger partial charge in [-0.2, -0.15) is 0 Å². The molecule has 0 aliphatic carbocycles. The van der Waals surface area contributed by atoms with E-state index in [0.29, 0.717) is 13.2 Å². The maximum atomic E-state index is 12.4. The van der Waals surface area contributed by atoms with Crippen molar-refractivity contribution in [3.63, 3.8) is 0 Å². The molecule has 3 heterocycles. The standard InChI is InChI=1S/C15H26N4O3S/c1-11(2)15-17-16-14-7-6-12(9-19(14)15)18-23(20,21)10-13-5-3-4-8-22-13/h11-13,18H,3-10H2,1-2H3. The molecule has 2 aliphatic rings. The van der Waals surface area contributed by atoms with Gasteiger partial charge in [-0.25, -0.2) is 13.1 Å². The van der Waals surface area contributed by atoms with Crippen LogP contribution in [0.3, 0.4) is 0 Å². The number of aryl methyl sites for hydroxylation is 1. The minimum absolute atomic E-state index is 0.0651. The molecule has 2 unspecified atom stereocenters. The Balaban J connectivity index is 1.63. The molecule has 1 aromatic rings. The number of fused-ring (bicyclic) bond motifs is 1. The zero-order valence-electron chi connectivity index (χ0n) is 13.9. The van der Waals surface area contributed by atoms with E-state index < -0.39 is 10.0 Å². The van der Waals surface area contributed by atoms with Gasteiger partial charge >= 0.3 is 0 Å². The molecule has 2 atom stereocenters. The number of ether oxygens (including phenoxy) is 1. The number of rotatable bonds is 5. The van der Waals surface area contributed by atoms with Gasteiger partial charge < -0.3 is 9.30 Å². The Morgan fingerprint density at radius 2 is 2.13 bits per heavy atom. The van der Waals surface area contributed by atoms with Gasteiger partial charge in [0.15, 0.2) is 0 Å². The molecule has 1 fully saturated rings. The predicted octanol–water partition coefficient (Wildman–Crippen LogP) is 1.20. The number of aromatic nitrogens is 3. The van der Waals surface area contributed by atoms with E-state index in [1.165, 1.54) is 0 Å². The largest absolute Gasteiger partial charge is 0.377 e. The van der Waals surface area contributed by atoms with Crippen molar-refractivity contribution in [2.45, 2.75) is 70.6 Å². The SMILES string of the molecule is CC(C)c1nnc2n1CC(NS(=O)(=O)CC1CCCCO1)CC2. The second-order valence-corrected chi connectivity index (χ2v) is 8.66. The summed E-state index contributed by atoms with van der Waals surface area (Å²) in [5.74, 6) is 2.23. The maximum Gasteiger partial charge on any atom is 0.214 e. The lowest BCUT2D eigenvalue weighted by molar-refractivity contribution is 0.0303. The lowest BCUT2D eigenvalue weighted by Gasteiger charge is -2.27. The van der Waals surface area contributed by atoms with Crippen LogP contribution in [-0.4, -0.2) is 47.7 Å². The van der Waals surface area contributed by atoms with Crippen LogP contribution in [0.25, 0.3) is 0 Å². The second-order valence-electron chi connectivity index (χ2n) is 6.86. The lowest BCUT2D eigenvalue weighted by Crippen LogP contribution is -2.44. The molecule has 0 amide bonds. The van der Waals surface area contributed by atoms with Crippen LogP contribution in [-0.2, 0) is 27.7 Å². The van der Waals surface area contributed by atoms with Gasteiger partial charge in [-0.1, -0.05) is 13.8 Å². The minimum Gasteiger partial charge on any atom is -0.377 e. The molecular formula is C15H26N4O3S. The van der Waals surface area contributed by atoms with Crippen molar-refractivity contribution in [2.75, 3.05) is 12.4 Å². The van der Waals surface area contributed by atoms with Crippen molar-refractivity contribution < 1.29 is 13.2 Å². The van der Waals surface area contributed by atoms with Gasteiger partial charge in [0, 0.05) is 31.5 Å². The Labute approximate surface area is 137 Å². The highest BCUT2D eigenvalue weighted by molar-refractivity contribution is 7.89. The minimum atomic E-state index is -3.33. The van der Waals surface area contributed by atoms with Crippen molar-refractivity contribution in [2.24, 2.45) is 0 Å². The molecule has 1 saturated heterocycles. The lowest BCUT2D eigenvalue weighted by atomic mass is 10.1. The first-order chi connectivity index (χ1) is 10.9. The van der Waals surface area contributed by atoms with E-state index in [1.54, 1.807) is 0 Å². The molecular weight excluding hydrogens is 316 g/mol. The van der Waals surface area contributed by atoms with Crippen LogP contribution < -0.4 is 4.72 Å². The highest BCUT2D eigenvalue weighted by atomic mass is 32.2. The number of nitrogens with zero attached hydrogens (tertiary/aromatic N) is 3. The fraction of sp³-hybridized carbons (Fsp3) is 0.867. The van der Waals surface area contributed by atoms with E-state index in [4.69, 9.17) is 4.74 Å². The third-order valence-electron chi connectivity index (χ3n) is 4.52. The summed E-state index contributed by atoms with van der Waals surface area (Å²) in [5.41, 5.74) is 0. The predicted molar refractivity (Wildman–Crippen MR) is 86.7 cm³/mol. The Morgan fingerprint density at radius 3 is 2.83 bits per heavy atom. The first kappa shape index (κ1) is 16.9. The Bertz CT molecular complexity index is 635. The van der Waals surface area contributed by atoms with Gasteiger partial charge in [0.05, 0.1) is 11.9 Å². The van der Waals surface area contributed by atoms with Crippen molar-refractivity contribution >= 4 is 10.0 Å². The molecule has 0 radical (unpaired) electrons. The number of hydrogen-bond acceptors (Lipinski definition) is 5. The van der Waals surface area contributed by atoms with Gasteiger partial charge in [-0.15, -0.1) is 10.2 Å². The summed E-state index contributed by atoms with van der Waals surface area (Å²) >= 11 is 0. The van der Waals surface area contributed by atoms with E-state index in [2.05, 4.69) is 33.3 Å². The highest BCUT2D eigenvalue weighted by Crippen LogP contribution is 2.21. The smallest absolute Gasteiger partial charge is 0.214 e. The fourth-order valence-electron chi connectivity index (χ4n) is 3.36. The molecule has 1 aromatic heterocycles. The molecule has 0 bridgehead atoms. The third-order valence-corrected chi connectivity index (χ3v) is 6.02. The summed E-state index contributed by atoms with van der Waals surface area (Å²) in [7, 11) is -3.33. The van der Waals surface area contributed by atoms with E-state index in [1.807, 2.05) is 0 Å². The van der Waals surface area contributed by atoms with Crippen LogP contribution in [0, 0.1) is 0 Å². The van der Waals surface area contributed by atoms with Gasteiger partial charge in [0.2, 0.25) is 10.0 Å². The van der Waals surface area contributed by atoms with Gasteiger partial charge in [0.25, 0.3) is 0 Å². The monoisotopic (exact) mass is 342 g/mol. The number of nitrogens with one attached hydrogen (secondary N) is 1. The molecule has 3 rings (SSSR count). The second kappa shape index (κ2) is 6.86. The molecule has 2 aliphatic heterocycles. The molecule has 130 valence electrons. The molecule has 7 nitrogen and oxygen atoms in total. The topological polar surface area (TPSA) is 86.1 Å². The fourth-order valence-corrected chi connectivity index (χ4v) is 4.91. The van der Waals surface area contributed by atoms with Crippen molar-refractivity contribution in [1.29, 1.82) is 0 Å². The molecule has 8 heteroatoms. The maximum absolute atomic E-state index is 12.4. The first-order valence-electron chi connectivity index (χ1n) is 8.48. The molecule has 23 heavy (non-hydrogen) atoms. The van der Waals surface area contributed by atoms with Crippen molar-refractivity contribution in [3.8, 4) is 0 Å². The van der Waals surface area contributed by atoms with Crippen LogP contribution in [0.2, 0.25) is 0 Å². The van der Waals surface area contributed by atoms with Crippen molar-refractivity contribution in [3.05, 3.63) is 11.6 Å². The average Bonchev–Trinajstić information content (AvgIpc) is 2.90. The summed E-state index contributed by atoms with van der Waals surface area (Å²) in [6.07, 6.45) is 4.26.